The number of allylic oxidation sites excluding steroid dienone is 2. The monoisotopic (exact) mass is 592 g/mol. The molecule has 5 heteroatoms. The van der Waals surface area contributed by atoms with Crippen LogP contribution in [-0.4, -0.2) is 35.0 Å². The van der Waals surface area contributed by atoms with Crippen molar-refractivity contribution in [2.45, 2.75) is 117 Å². The number of carboxylic acids is 1. The molecular formula is C37H56N2O2S. The Balaban J connectivity index is 1.21. The molecule has 0 amide bonds. The number of carbonyl (C=O) groups is 1. The number of aromatic carboxylic acids is 1. The molecule has 5 aliphatic rings. The lowest BCUT2D eigenvalue weighted by atomic mass is 9.37. The molecule has 1 aromatic rings. The van der Waals surface area contributed by atoms with Crippen molar-refractivity contribution in [2.24, 2.45) is 45.8 Å². The van der Waals surface area contributed by atoms with Crippen molar-refractivity contribution in [2.75, 3.05) is 13.1 Å². The average molecular weight is 593 g/mol. The fourth-order valence-electron chi connectivity index (χ4n) is 12.0. The third-order valence-electron chi connectivity index (χ3n) is 13.6. The first-order valence-corrected chi connectivity index (χ1v) is 18.0. The fourth-order valence-corrected chi connectivity index (χ4v) is 12.6. The van der Waals surface area contributed by atoms with E-state index in [-0.39, 0.29) is 5.41 Å². The smallest absolute Gasteiger partial charge is 0.335 e. The van der Waals surface area contributed by atoms with E-state index >= 15 is 0 Å². The zero-order chi connectivity index (χ0) is 29.9. The third-order valence-corrected chi connectivity index (χ3v) is 14.4. The maximum atomic E-state index is 11.5. The Morgan fingerprint density at radius 1 is 0.905 bits per heavy atom. The van der Waals surface area contributed by atoms with E-state index in [9.17, 15) is 9.90 Å². The summed E-state index contributed by atoms with van der Waals surface area (Å²) in [6, 6.07) is 7.65. The van der Waals surface area contributed by atoms with Gasteiger partial charge in [0.2, 0.25) is 0 Å². The van der Waals surface area contributed by atoms with E-state index in [2.05, 4.69) is 57.7 Å². The van der Waals surface area contributed by atoms with Gasteiger partial charge in [-0.1, -0.05) is 78.1 Å². The van der Waals surface area contributed by atoms with Crippen molar-refractivity contribution in [3.05, 3.63) is 41.5 Å². The number of rotatable bonds is 8. The van der Waals surface area contributed by atoms with Crippen LogP contribution in [0.25, 0.3) is 5.57 Å². The molecule has 0 bridgehead atoms. The van der Waals surface area contributed by atoms with Crippen molar-refractivity contribution in [1.82, 2.24) is 10.0 Å². The topological polar surface area (TPSA) is 61.4 Å². The van der Waals surface area contributed by atoms with E-state index in [4.69, 9.17) is 0 Å². The molecule has 232 valence electrons. The predicted octanol–water partition coefficient (Wildman–Crippen LogP) is 8.83. The first kappa shape index (κ1) is 30.7. The molecule has 4 nitrogen and oxygen atoms in total. The number of carboxylic acid groups (broad SMARTS) is 1. The van der Waals surface area contributed by atoms with E-state index in [1.807, 2.05) is 24.1 Å². The first-order valence-electron chi connectivity index (χ1n) is 17.1. The van der Waals surface area contributed by atoms with Gasteiger partial charge in [0.25, 0.3) is 0 Å². The second-order valence-electron chi connectivity index (χ2n) is 16.1. The summed E-state index contributed by atoms with van der Waals surface area (Å²) in [5.41, 5.74) is 4.25. The lowest BCUT2D eigenvalue weighted by Gasteiger charge is -2.68. The summed E-state index contributed by atoms with van der Waals surface area (Å²) in [5, 5.41) is 14.2. The SMILES string of the molecule is CC(C)SNCCN[C@]12CCCC1[C@H]1CCC3[C@@](C)(CCC4C(C)(C)C(c5ccc(C(=O)O)cc5)=CC[C@@]43C)C1CC2. The molecular weight excluding hydrogens is 536 g/mol. The van der Waals surface area contributed by atoms with Crippen LogP contribution in [0.5, 0.6) is 0 Å². The van der Waals surface area contributed by atoms with Crippen molar-refractivity contribution >= 4 is 23.5 Å². The van der Waals surface area contributed by atoms with Crippen molar-refractivity contribution in [3.63, 3.8) is 0 Å². The summed E-state index contributed by atoms with van der Waals surface area (Å²) in [5.74, 6) is 3.23. The summed E-state index contributed by atoms with van der Waals surface area (Å²) in [6.07, 6.45) is 16.2. The molecule has 6 rings (SSSR count). The van der Waals surface area contributed by atoms with Crippen LogP contribution in [0.4, 0.5) is 0 Å². The third kappa shape index (κ3) is 4.92. The van der Waals surface area contributed by atoms with E-state index in [0.29, 0.717) is 33.1 Å². The second-order valence-corrected chi connectivity index (χ2v) is 17.6. The molecule has 8 atom stereocenters. The Morgan fingerprint density at radius 3 is 2.38 bits per heavy atom. The molecule has 0 aliphatic heterocycles. The van der Waals surface area contributed by atoms with Gasteiger partial charge < -0.3 is 10.4 Å². The summed E-state index contributed by atoms with van der Waals surface area (Å²) in [6.45, 7) is 17.0. The highest BCUT2D eigenvalue weighted by Crippen LogP contribution is 2.72. The Morgan fingerprint density at radius 2 is 1.67 bits per heavy atom. The number of hydrogen-bond donors (Lipinski definition) is 3. The summed E-state index contributed by atoms with van der Waals surface area (Å²) < 4.78 is 3.58. The quantitative estimate of drug-likeness (QED) is 0.208. The molecule has 3 N–H and O–H groups in total. The van der Waals surface area contributed by atoms with Gasteiger partial charge in [-0.25, -0.2) is 4.79 Å². The average Bonchev–Trinajstić information content (AvgIpc) is 3.37. The molecule has 0 radical (unpaired) electrons. The maximum absolute atomic E-state index is 11.5. The summed E-state index contributed by atoms with van der Waals surface area (Å²) in [4.78, 5) is 11.5. The van der Waals surface area contributed by atoms with Gasteiger partial charge in [0.1, 0.15) is 0 Å². The van der Waals surface area contributed by atoms with Gasteiger partial charge in [-0.2, -0.15) is 0 Å². The fraction of sp³-hybridized carbons (Fsp3) is 0.757. The Bertz CT molecular complexity index is 1190. The van der Waals surface area contributed by atoms with Gasteiger partial charge in [0, 0.05) is 23.9 Å². The van der Waals surface area contributed by atoms with Gasteiger partial charge in [-0.05, 0) is 127 Å². The zero-order valence-electron chi connectivity index (χ0n) is 27.1. The van der Waals surface area contributed by atoms with Crippen molar-refractivity contribution in [1.29, 1.82) is 0 Å². The molecule has 4 fully saturated rings. The highest BCUT2D eigenvalue weighted by Gasteiger charge is 2.65. The molecule has 42 heavy (non-hydrogen) atoms. The van der Waals surface area contributed by atoms with Gasteiger partial charge in [-0.3, -0.25) is 4.72 Å². The largest absolute Gasteiger partial charge is 0.478 e. The number of fused-ring (bicyclic) bond motifs is 7. The Kier molecular flexibility index (Phi) is 8.23. The van der Waals surface area contributed by atoms with Gasteiger partial charge in [0.15, 0.2) is 0 Å². The van der Waals surface area contributed by atoms with Crippen LogP contribution >= 0.6 is 11.9 Å². The highest BCUT2D eigenvalue weighted by molar-refractivity contribution is 7.97. The Hall–Kier alpha value is -1.30. The van der Waals surface area contributed by atoms with Crippen molar-refractivity contribution in [3.8, 4) is 0 Å². The first-order chi connectivity index (χ1) is 19.9. The molecule has 4 unspecified atom stereocenters. The van der Waals surface area contributed by atoms with Crippen molar-refractivity contribution < 1.29 is 9.90 Å². The molecule has 0 aromatic heterocycles. The highest BCUT2D eigenvalue weighted by atomic mass is 32.2. The molecule has 1 aromatic carbocycles. The number of hydrogen-bond acceptors (Lipinski definition) is 4. The van der Waals surface area contributed by atoms with Crippen LogP contribution in [-0.2, 0) is 0 Å². The molecule has 0 heterocycles. The number of benzene rings is 1. The van der Waals surface area contributed by atoms with Crippen LogP contribution in [0.2, 0.25) is 0 Å². The lowest BCUT2D eigenvalue weighted by molar-refractivity contribution is -0.172. The van der Waals surface area contributed by atoms with Gasteiger partial charge in [0.05, 0.1) is 5.56 Å². The van der Waals surface area contributed by atoms with E-state index < -0.39 is 5.97 Å². The van der Waals surface area contributed by atoms with Crippen LogP contribution in [0.1, 0.15) is 122 Å². The van der Waals surface area contributed by atoms with Crippen LogP contribution in [0.3, 0.4) is 0 Å². The standard InChI is InChI=1S/C37H56N2O2S/c1-24(2)42-39-23-22-38-37-18-7-8-30(37)27-13-14-32-35(5,29(27)16-21-37)20-17-31-34(3,4)28(15-19-36(31,32)6)25-9-11-26(12-10-25)33(40)41/h9-12,15,24,27,29-32,38-39H,7-8,13-14,16-23H2,1-6H3,(H,40,41)/t27-,29?,30?,31?,32?,35-,36-,37-/m0/s1. The van der Waals surface area contributed by atoms with Gasteiger partial charge in [-0.15, -0.1) is 0 Å². The minimum atomic E-state index is -0.848. The van der Waals surface area contributed by atoms with Gasteiger partial charge >= 0.3 is 5.97 Å². The minimum absolute atomic E-state index is 0.0783. The van der Waals surface area contributed by atoms with Crippen LogP contribution in [0.15, 0.2) is 30.3 Å². The normalized spacial score (nSPS) is 40.5. The second kappa shape index (κ2) is 11.2. The maximum Gasteiger partial charge on any atom is 0.335 e. The summed E-state index contributed by atoms with van der Waals surface area (Å²) >= 11 is 1.86. The molecule has 0 saturated heterocycles. The van der Waals surface area contributed by atoms with E-state index in [0.717, 1.165) is 43.2 Å². The van der Waals surface area contributed by atoms with E-state index in [1.54, 1.807) is 12.1 Å². The molecule has 5 aliphatic carbocycles. The molecule has 4 saturated carbocycles. The van der Waals surface area contributed by atoms with Crippen LogP contribution in [0, 0.1) is 45.8 Å². The predicted molar refractivity (Wildman–Crippen MR) is 176 cm³/mol. The molecule has 0 spiro atoms. The summed E-state index contributed by atoms with van der Waals surface area (Å²) in [7, 11) is 0. The Labute approximate surface area is 259 Å². The number of nitrogens with one attached hydrogen (secondary N) is 2. The lowest BCUT2D eigenvalue weighted by Crippen LogP contribution is -2.63. The van der Waals surface area contributed by atoms with E-state index in [1.165, 1.54) is 68.9 Å². The van der Waals surface area contributed by atoms with Crippen LogP contribution < -0.4 is 10.0 Å². The minimum Gasteiger partial charge on any atom is -0.478 e. The zero-order valence-corrected chi connectivity index (χ0v) is 27.9.